The van der Waals surface area contributed by atoms with Crippen LogP contribution in [0.15, 0.2) is 65.3 Å². The molecule has 3 aromatic rings. The van der Waals surface area contributed by atoms with Crippen LogP contribution in [0, 0.1) is 0 Å². The molecule has 1 aliphatic heterocycles. The van der Waals surface area contributed by atoms with Crippen LogP contribution in [0.2, 0.25) is 5.15 Å². The molecule has 0 N–H and O–H groups in total. The summed E-state index contributed by atoms with van der Waals surface area (Å²) >= 11 is 9.45. The van der Waals surface area contributed by atoms with Gasteiger partial charge in [0, 0.05) is 27.4 Å². The van der Waals surface area contributed by atoms with Crippen molar-refractivity contribution < 1.29 is 19.0 Å². The first-order valence-electron chi connectivity index (χ1n) is 8.54. The number of carbonyl (C=O) groups excluding carboxylic acids is 1. The number of carbonyl (C=O) groups is 1. The van der Waals surface area contributed by atoms with Gasteiger partial charge in [-0.3, -0.25) is 0 Å². The van der Waals surface area contributed by atoms with Gasteiger partial charge in [0.2, 0.25) is 6.29 Å². The molecule has 1 aromatic heterocycles. The van der Waals surface area contributed by atoms with E-state index in [4.69, 9.17) is 25.8 Å². The van der Waals surface area contributed by atoms with Crippen molar-refractivity contribution in [3.8, 4) is 5.75 Å². The summed E-state index contributed by atoms with van der Waals surface area (Å²) in [5, 5.41) is 0.109. The molecule has 1 aliphatic rings. The molecular formula is C21H15BrClNO4. The molecule has 0 amide bonds. The zero-order valence-corrected chi connectivity index (χ0v) is 16.9. The van der Waals surface area contributed by atoms with E-state index in [0.29, 0.717) is 12.4 Å². The van der Waals surface area contributed by atoms with Crippen molar-refractivity contribution in [2.75, 3.05) is 0 Å². The number of hydrogen-bond donors (Lipinski definition) is 0. The first-order chi connectivity index (χ1) is 13.6. The fourth-order valence-corrected chi connectivity index (χ4v) is 3.67. The van der Waals surface area contributed by atoms with E-state index in [-0.39, 0.29) is 17.3 Å². The van der Waals surface area contributed by atoms with Gasteiger partial charge in [0.25, 0.3) is 0 Å². The molecule has 0 radical (unpaired) electrons. The molecule has 2 heterocycles. The molecule has 0 aliphatic carbocycles. The molecule has 0 fully saturated rings. The van der Waals surface area contributed by atoms with E-state index >= 15 is 0 Å². The van der Waals surface area contributed by atoms with E-state index < -0.39 is 12.3 Å². The van der Waals surface area contributed by atoms with Crippen LogP contribution in [0.25, 0.3) is 0 Å². The van der Waals surface area contributed by atoms with Gasteiger partial charge in [-0.2, -0.15) is 0 Å². The van der Waals surface area contributed by atoms with Crippen molar-refractivity contribution in [2.24, 2.45) is 0 Å². The van der Waals surface area contributed by atoms with Crippen molar-refractivity contribution in [1.29, 1.82) is 0 Å². The van der Waals surface area contributed by atoms with Gasteiger partial charge >= 0.3 is 5.97 Å². The average molecular weight is 461 g/mol. The van der Waals surface area contributed by atoms with Gasteiger partial charge in [-0.15, -0.1) is 0 Å². The predicted molar refractivity (Wildman–Crippen MR) is 107 cm³/mol. The molecule has 0 spiro atoms. The van der Waals surface area contributed by atoms with Crippen molar-refractivity contribution in [1.82, 2.24) is 4.98 Å². The lowest BCUT2D eigenvalue weighted by molar-refractivity contribution is -0.112. The Bertz CT molecular complexity index is 1010. The predicted octanol–water partition coefficient (Wildman–Crippen LogP) is 5.46. The standard InChI is InChI=1S/C21H15BrClNO4/c22-16-9-14(11-26-20(25)17-7-4-8-24-19(17)23)18-15(10-16)12-27-21(28-18)13-5-2-1-3-6-13/h1-10,21H,11-12H2. The number of esters is 1. The Morgan fingerprint density at radius 3 is 2.82 bits per heavy atom. The van der Waals surface area contributed by atoms with E-state index in [0.717, 1.165) is 21.2 Å². The number of benzene rings is 2. The average Bonchev–Trinajstić information content (AvgIpc) is 2.72. The van der Waals surface area contributed by atoms with Crippen LogP contribution < -0.4 is 4.74 Å². The van der Waals surface area contributed by atoms with Gasteiger partial charge in [0.1, 0.15) is 17.5 Å². The largest absolute Gasteiger partial charge is 0.460 e. The Balaban J connectivity index is 1.56. The maximum Gasteiger partial charge on any atom is 0.341 e. The van der Waals surface area contributed by atoms with Crippen LogP contribution in [0.3, 0.4) is 0 Å². The Kier molecular flexibility index (Phi) is 5.62. The minimum absolute atomic E-state index is 0.0351. The van der Waals surface area contributed by atoms with Crippen LogP contribution >= 0.6 is 27.5 Å². The summed E-state index contributed by atoms with van der Waals surface area (Å²) in [6.07, 6.45) is 0.999. The molecule has 0 saturated carbocycles. The fraction of sp³-hybridized carbons (Fsp3) is 0.143. The first-order valence-corrected chi connectivity index (χ1v) is 9.71. The summed E-state index contributed by atoms with van der Waals surface area (Å²) in [6, 6.07) is 16.7. The molecule has 0 bridgehead atoms. The highest BCUT2D eigenvalue weighted by Gasteiger charge is 2.25. The number of halogens is 2. The Hall–Kier alpha value is -2.41. The highest BCUT2D eigenvalue weighted by atomic mass is 79.9. The molecular weight excluding hydrogens is 446 g/mol. The van der Waals surface area contributed by atoms with Crippen LogP contribution in [0.1, 0.15) is 33.3 Å². The van der Waals surface area contributed by atoms with E-state index in [1.54, 1.807) is 12.1 Å². The molecule has 1 unspecified atom stereocenters. The quantitative estimate of drug-likeness (QED) is 0.382. The van der Waals surface area contributed by atoms with Crippen molar-refractivity contribution in [3.63, 3.8) is 0 Å². The SMILES string of the molecule is O=C(OCc1cc(Br)cc2c1OC(c1ccccc1)OC2)c1cccnc1Cl. The lowest BCUT2D eigenvalue weighted by Gasteiger charge is -2.28. The third kappa shape index (κ3) is 4.04. The van der Waals surface area contributed by atoms with Crippen molar-refractivity contribution in [3.05, 3.63) is 92.7 Å². The van der Waals surface area contributed by atoms with Gasteiger partial charge in [0.15, 0.2) is 0 Å². The monoisotopic (exact) mass is 459 g/mol. The topological polar surface area (TPSA) is 57.7 Å². The third-order valence-electron chi connectivity index (χ3n) is 4.23. The number of rotatable bonds is 4. The number of fused-ring (bicyclic) bond motifs is 1. The summed E-state index contributed by atoms with van der Waals surface area (Å²) in [7, 11) is 0. The maximum absolute atomic E-state index is 12.4. The molecule has 7 heteroatoms. The minimum Gasteiger partial charge on any atom is -0.460 e. The van der Waals surface area contributed by atoms with Crippen molar-refractivity contribution in [2.45, 2.75) is 19.5 Å². The molecule has 4 rings (SSSR count). The Labute approximate surface area is 175 Å². The Morgan fingerprint density at radius 2 is 2.04 bits per heavy atom. The zero-order valence-electron chi connectivity index (χ0n) is 14.6. The van der Waals surface area contributed by atoms with Gasteiger partial charge in [-0.1, -0.05) is 57.9 Å². The lowest BCUT2D eigenvalue weighted by atomic mass is 10.1. The molecule has 142 valence electrons. The smallest absolute Gasteiger partial charge is 0.341 e. The third-order valence-corrected chi connectivity index (χ3v) is 4.99. The molecule has 5 nitrogen and oxygen atoms in total. The first kappa shape index (κ1) is 18.9. The number of nitrogens with zero attached hydrogens (tertiary/aromatic N) is 1. The molecule has 1 atom stereocenters. The van der Waals surface area contributed by atoms with Gasteiger partial charge < -0.3 is 14.2 Å². The molecule has 28 heavy (non-hydrogen) atoms. The van der Waals surface area contributed by atoms with E-state index in [2.05, 4.69) is 20.9 Å². The highest BCUT2D eigenvalue weighted by Crippen LogP contribution is 2.38. The second-order valence-corrected chi connectivity index (χ2v) is 7.42. The van der Waals surface area contributed by atoms with Crippen LogP contribution in [0.5, 0.6) is 5.75 Å². The summed E-state index contributed by atoms with van der Waals surface area (Å²) in [5.41, 5.74) is 2.76. The number of pyridine rings is 1. The highest BCUT2D eigenvalue weighted by molar-refractivity contribution is 9.10. The van der Waals surface area contributed by atoms with Crippen LogP contribution in [-0.4, -0.2) is 11.0 Å². The van der Waals surface area contributed by atoms with E-state index in [1.165, 1.54) is 6.20 Å². The van der Waals surface area contributed by atoms with Crippen LogP contribution in [-0.2, 0) is 22.7 Å². The van der Waals surface area contributed by atoms with Gasteiger partial charge in [0.05, 0.1) is 12.2 Å². The number of hydrogen-bond acceptors (Lipinski definition) is 5. The second kappa shape index (κ2) is 8.31. The van der Waals surface area contributed by atoms with E-state index in [1.807, 2.05) is 42.5 Å². The number of aromatic nitrogens is 1. The Morgan fingerprint density at radius 1 is 1.21 bits per heavy atom. The summed E-state index contributed by atoms with van der Waals surface area (Å²) < 4.78 is 18.2. The molecule has 0 saturated heterocycles. The zero-order chi connectivity index (χ0) is 19.5. The van der Waals surface area contributed by atoms with Gasteiger partial charge in [-0.05, 0) is 24.3 Å². The maximum atomic E-state index is 12.4. The van der Waals surface area contributed by atoms with E-state index in [9.17, 15) is 4.79 Å². The second-order valence-electron chi connectivity index (χ2n) is 6.14. The summed E-state index contributed by atoms with van der Waals surface area (Å²) in [5.74, 6) is 0.117. The molecule has 2 aromatic carbocycles. The van der Waals surface area contributed by atoms with Crippen molar-refractivity contribution >= 4 is 33.5 Å². The lowest BCUT2D eigenvalue weighted by Crippen LogP contribution is -2.19. The van der Waals surface area contributed by atoms with Gasteiger partial charge in [-0.25, -0.2) is 9.78 Å². The van der Waals surface area contributed by atoms with Crippen LogP contribution in [0.4, 0.5) is 0 Å². The summed E-state index contributed by atoms with van der Waals surface area (Å²) in [6.45, 7) is 0.428. The summed E-state index contributed by atoms with van der Waals surface area (Å²) in [4.78, 5) is 16.3. The fourth-order valence-electron chi connectivity index (χ4n) is 2.92. The number of ether oxygens (including phenoxy) is 3. The minimum atomic E-state index is -0.543. The normalized spacial score (nSPS) is 15.4.